The van der Waals surface area contributed by atoms with E-state index in [2.05, 4.69) is 44.4 Å². The van der Waals surface area contributed by atoms with E-state index in [1.54, 1.807) is 19.4 Å². The van der Waals surface area contributed by atoms with Crippen molar-refractivity contribution in [3.63, 3.8) is 0 Å². The molecule has 0 aliphatic carbocycles. The number of nitrogens with zero attached hydrogens (tertiary/aromatic N) is 4. The number of furan rings is 1. The van der Waals surface area contributed by atoms with Crippen molar-refractivity contribution in [3.05, 3.63) is 94.4 Å². The van der Waals surface area contributed by atoms with Crippen LogP contribution >= 0.6 is 0 Å². The second kappa shape index (κ2) is 9.27. The molecule has 0 atom stereocenters. The highest BCUT2D eigenvalue weighted by atomic mass is 16.5. The first-order valence-corrected chi connectivity index (χ1v) is 13.0. The SMILES string of the molecule is COc1cccc2oc(-c3nc4ccccc4c(=O)n3N=Cc3c(C)n(CC(C)(C)C)c4ccccc34)cc12. The standard InChI is InChI=1S/C32H30N4O3/c1-20-24(21-11-7-9-14-26(21)35(20)19-32(2,3)4)18-33-36-30(34-25-13-8-6-12-22(25)31(36)37)29-17-23-27(38-5)15-10-16-28(23)39-29/h6-18H,19H2,1-5H3. The van der Waals surface area contributed by atoms with Crippen LogP contribution in [0.2, 0.25) is 0 Å². The summed E-state index contributed by atoms with van der Waals surface area (Å²) in [5.41, 5.74) is 4.24. The number of hydrogen-bond donors (Lipinski definition) is 0. The molecule has 0 fully saturated rings. The van der Waals surface area contributed by atoms with Gasteiger partial charge in [-0.2, -0.15) is 9.78 Å². The fourth-order valence-electron chi connectivity index (χ4n) is 5.13. The molecular weight excluding hydrogens is 488 g/mol. The van der Waals surface area contributed by atoms with Gasteiger partial charge in [0.15, 0.2) is 5.76 Å². The number of para-hydroxylation sites is 2. The van der Waals surface area contributed by atoms with Crippen LogP contribution in [0.4, 0.5) is 0 Å². The van der Waals surface area contributed by atoms with Crippen molar-refractivity contribution in [2.45, 2.75) is 34.2 Å². The zero-order valence-corrected chi connectivity index (χ0v) is 22.7. The summed E-state index contributed by atoms with van der Waals surface area (Å²) < 4.78 is 15.3. The molecule has 0 N–H and O–H groups in total. The third-order valence-corrected chi connectivity index (χ3v) is 6.93. The fourth-order valence-corrected chi connectivity index (χ4v) is 5.13. The fraction of sp³-hybridized carbons (Fsp3) is 0.219. The number of methoxy groups -OCH3 is 1. The van der Waals surface area contributed by atoms with Gasteiger partial charge in [-0.1, -0.05) is 57.2 Å². The molecule has 7 heteroatoms. The van der Waals surface area contributed by atoms with Gasteiger partial charge in [0.1, 0.15) is 11.3 Å². The van der Waals surface area contributed by atoms with Crippen molar-refractivity contribution in [2.75, 3.05) is 7.11 Å². The summed E-state index contributed by atoms with van der Waals surface area (Å²) >= 11 is 0. The molecule has 0 radical (unpaired) electrons. The van der Waals surface area contributed by atoms with Crippen LogP contribution in [-0.2, 0) is 6.54 Å². The number of ether oxygens (including phenoxy) is 1. The van der Waals surface area contributed by atoms with Crippen LogP contribution in [0.3, 0.4) is 0 Å². The van der Waals surface area contributed by atoms with Gasteiger partial charge in [0, 0.05) is 28.7 Å². The molecule has 6 aromatic rings. The van der Waals surface area contributed by atoms with Crippen molar-refractivity contribution in [1.29, 1.82) is 0 Å². The van der Waals surface area contributed by atoms with Gasteiger partial charge in [-0.05, 0) is 48.7 Å². The summed E-state index contributed by atoms with van der Waals surface area (Å²) in [5, 5.41) is 7.12. The Hall–Kier alpha value is -4.65. The van der Waals surface area contributed by atoms with Gasteiger partial charge in [0.05, 0.1) is 29.6 Å². The Kier molecular flexibility index (Phi) is 5.87. The molecule has 6 rings (SSSR count). The number of rotatable bonds is 5. The van der Waals surface area contributed by atoms with Gasteiger partial charge in [0.25, 0.3) is 5.56 Å². The molecular formula is C32H30N4O3. The van der Waals surface area contributed by atoms with Crippen LogP contribution in [0.5, 0.6) is 5.75 Å². The normalized spacial score (nSPS) is 12.3. The highest BCUT2D eigenvalue weighted by Gasteiger charge is 2.20. The third-order valence-electron chi connectivity index (χ3n) is 6.93. The van der Waals surface area contributed by atoms with Gasteiger partial charge >= 0.3 is 0 Å². The second-order valence-electron chi connectivity index (χ2n) is 11.0. The van der Waals surface area contributed by atoms with Crippen LogP contribution in [-0.4, -0.2) is 27.6 Å². The molecule has 0 bridgehead atoms. The first kappa shape index (κ1) is 24.7. The van der Waals surface area contributed by atoms with Crippen molar-refractivity contribution in [1.82, 2.24) is 14.2 Å². The smallest absolute Gasteiger partial charge is 0.282 e. The number of hydrogen-bond acceptors (Lipinski definition) is 5. The Labute approximate surface area is 226 Å². The van der Waals surface area contributed by atoms with E-state index in [4.69, 9.17) is 19.2 Å². The topological polar surface area (TPSA) is 74.6 Å². The zero-order valence-electron chi connectivity index (χ0n) is 22.7. The molecule has 3 heterocycles. The van der Waals surface area contributed by atoms with Gasteiger partial charge in [0.2, 0.25) is 5.82 Å². The molecule has 7 nitrogen and oxygen atoms in total. The summed E-state index contributed by atoms with van der Waals surface area (Å²) in [6.45, 7) is 9.63. The van der Waals surface area contributed by atoms with Crippen LogP contribution in [0.25, 0.3) is 44.4 Å². The van der Waals surface area contributed by atoms with Crippen molar-refractivity contribution >= 4 is 39.0 Å². The monoisotopic (exact) mass is 518 g/mol. The van der Waals surface area contributed by atoms with E-state index < -0.39 is 0 Å². The van der Waals surface area contributed by atoms with E-state index in [1.807, 2.05) is 54.6 Å². The molecule has 0 unspecified atom stereocenters. The lowest BCUT2D eigenvalue weighted by atomic mass is 9.96. The van der Waals surface area contributed by atoms with E-state index in [0.29, 0.717) is 33.8 Å². The number of aromatic nitrogens is 3. The lowest BCUT2D eigenvalue weighted by Crippen LogP contribution is -2.20. The van der Waals surface area contributed by atoms with Crippen LogP contribution in [0.15, 0.2) is 87.1 Å². The minimum atomic E-state index is -0.268. The average molecular weight is 519 g/mol. The molecule has 196 valence electrons. The zero-order chi connectivity index (χ0) is 27.3. The molecule has 39 heavy (non-hydrogen) atoms. The van der Waals surface area contributed by atoms with Crippen LogP contribution < -0.4 is 10.3 Å². The first-order chi connectivity index (χ1) is 18.7. The molecule has 0 aliphatic heterocycles. The maximum atomic E-state index is 13.8. The molecule has 3 aromatic carbocycles. The predicted molar refractivity (Wildman–Crippen MR) is 157 cm³/mol. The van der Waals surface area contributed by atoms with Gasteiger partial charge < -0.3 is 13.7 Å². The number of benzene rings is 3. The molecule has 0 saturated heterocycles. The van der Waals surface area contributed by atoms with Crippen molar-refractivity contribution < 1.29 is 9.15 Å². The minimum Gasteiger partial charge on any atom is -0.496 e. The molecule has 0 saturated carbocycles. The van der Waals surface area contributed by atoms with Gasteiger partial charge in [-0.3, -0.25) is 4.79 Å². The van der Waals surface area contributed by atoms with Gasteiger partial charge in [-0.15, -0.1) is 0 Å². The average Bonchev–Trinajstić information content (AvgIpc) is 3.47. The minimum absolute atomic E-state index is 0.0929. The van der Waals surface area contributed by atoms with E-state index >= 15 is 0 Å². The van der Waals surface area contributed by atoms with Crippen molar-refractivity contribution in [3.8, 4) is 17.3 Å². The Morgan fingerprint density at radius 1 is 0.974 bits per heavy atom. The number of fused-ring (bicyclic) bond motifs is 3. The van der Waals surface area contributed by atoms with Gasteiger partial charge in [-0.25, -0.2) is 4.98 Å². The lowest BCUT2D eigenvalue weighted by molar-refractivity contribution is 0.346. The highest BCUT2D eigenvalue weighted by Crippen LogP contribution is 2.33. The Balaban J connectivity index is 1.57. The summed E-state index contributed by atoms with van der Waals surface area (Å²) in [6, 6.07) is 23.0. The van der Waals surface area contributed by atoms with E-state index in [0.717, 1.165) is 34.1 Å². The Bertz CT molecular complexity index is 1950. The Morgan fingerprint density at radius 2 is 1.72 bits per heavy atom. The van der Waals surface area contributed by atoms with Crippen LogP contribution in [0, 0.1) is 12.3 Å². The van der Waals surface area contributed by atoms with E-state index in [9.17, 15) is 4.79 Å². The largest absolute Gasteiger partial charge is 0.496 e. The van der Waals surface area contributed by atoms with E-state index in [-0.39, 0.29) is 11.0 Å². The first-order valence-electron chi connectivity index (χ1n) is 13.0. The molecule has 0 amide bonds. The maximum absolute atomic E-state index is 13.8. The lowest BCUT2D eigenvalue weighted by Gasteiger charge is -2.21. The summed E-state index contributed by atoms with van der Waals surface area (Å²) in [5.74, 6) is 1.44. The Morgan fingerprint density at radius 3 is 2.49 bits per heavy atom. The summed E-state index contributed by atoms with van der Waals surface area (Å²) in [7, 11) is 1.62. The van der Waals surface area contributed by atoms with Crippen molar-refractivity contribution in [2.24, 2.45) is 10.5 Å². The van der Waals surface area contributed by atoms with E-state index in [1.165, 1.54) is 4.68 Å². The summed E-state index contributed by atoms with van der Waals surface area (Å²) in [4.78, 5) is 18.6. The quantitative estimate of drug-likeness (QED) is 0.230. The summed E-state index contributed by atoms with van der Waals surface area (Å²) in [6.07, 6.45) is 1.77. The predicted octanol–water partition coefficient (Wildman–Crippen LogP) is 7.01. The second-order valence-corrected chi connectivity index (χ2v) is 11.0. The highest BCUT2D eigenvalue weighted by molar-refractivity contribution is 6.01. The third kappa shape index (κ3) is 4.30. The molecule has 3 aromatic heterocycles. The molecule has 0 spiro atoms. The van der Waals surface area contributed by atoms with Crippen LogP contribution in [0.1, 0.15) is 32.0 Å². The molecule has 0 aliphatic rings. The maximum Gasteiger partial charge on any atom is 0.282 e.